The Kier molecular flexibility index (Phi) is 3.90. The van der Waals surface area contributed by atoms with Gasteiger partial charge in [0.1, 0.15) is 24.1 Å². The van der Waals surface area contributed by atoms with Crippen LogP contribution in [0.5, 0.6) is 5.75 Å². The smallest absolute Gasteiger partial charge is 0.147 e. The summed E-state index contributed by atoms with van der Waals surface area (Å²) in [6, 6.07) is 12.8. The van der Waals surface area contributed by atoms with Crippen molar-refractivity contribution in [1.82, 2.24) is 4.98 Å². The van der Waals surface area contributed by atoms with Crippen molar-refractivity contribution in [1.29, 1.82) is 5.26 Å². The van der Waals surface area contributed by atoms with Crippen molar-refractivity contribution in [3.63, 3.8) is 0 Å². The van der Waals surface area contributed by atoms with Crippen LogP contribution < -0.4 is 4.74 Å². The van der Waals surface area contributed by atoms with E-state index in [0.29, 0.717) is 18.1 Å². The molecule has 0 atom stereocenters. The third-order valence-electron chi connectivity index (χ3n) is 2.50. The van der Waals surface area contributed by atoms with Crippen LogP contribution in [0, 0.1) is 11.3 Å². The quantitative estimate of drug-likeness (QED) is 0.887. The van der Waals surface area contributed by atoms with Crippen molar-refractivity contribution in [2.45, 2.75) is 13.2 Å². The number of aliphatic hydroxyl groups is 1. The fraction of sp³-hybridized carbons (Fsp3) is 0.143. The number of aliphatic hydroxyl groups excluding tert-OH is 1. The van der Waals surface area contributed by atoms with Gasteiger partial charge >= 0.3 is 0 Å². The molecule has 4 heteroatoms. The minimum absolute atomic E-state index is 0.0153. The Morgan fingerprint density at radius 3 is 2.67 bits per heavy atom. The highest BCUT2D eigenvalue weighted by Gasteiger charge is 2.03. The van der Waals surface area contributed by atoms with E-state index in [-0.39, 0.29) is 6.61 Å². The lowest BCUT2D eigenvalue weighted by molar-refractivity contribution is 0.280. The molecule has 2 aromatic rings. The van der Waals surface area contributed by atoms with Crippen molar-refractivity contribution in [3.8, 4) is 11.8 Å². The first-order chi connectivity index (χ1) is 8.83. The number of hydrogen-bond acceptors (Lipinski definition) is 4. The highest BCUT2D eigenvalue weighted by atomic mass is 16.5. The molecule has 0 aliphatic heterocycles. The lowest BCUT2D eigenvalue weighted by Gasteiger charge is -2.07. The Morgan fingerprint density at radius 1 is 1.22 bits per heavy atom. The van der Waals surface area contributed by atoms with Gasteiger partial charge in [-0.2, -0.15) is 5.26 Å². The van der Waals surface area contributed by atoms with Gasteiger partial charge in [-0.25, -0.2) is 4.98 Å². The van der Waals surface area contributed by atoms with E-state index in [1.54, 1.807) is 36.5 Å². The number of pyridine rings is 1. The number of rotatable bonds is 4. The second kappa shape index (κ2) is 5.80. The molecule has 0 amide bonds. The van der Waals surface area contributed by atoms with Crippen molar-refractivity contribution >= 4 is 0 Å². The third kappa shape index (κ3) is 2.84. The Labute approximate surface area is 105 Å². The molecule has 0 radical (unpaired) electrons. The number of hydrogen-bond donors (Lipinski definition) is 1. The summed E-state index contributed by atoms with van der Waals surface area (Å²) in [5.74, 6) is 0.694. The number of nitriles is 1. The topological polar surface area (TPSA) is 66.1 Å². The molecule has 0 bridgehead atoms. The third-order valence-corrected chi connectivity index (χ3v) is 2.50. The molecule has 18 heavy (non-hydrogen) atoms. The number of nitrogens with zero attached hydrogens (tertiary/aromatic N) is 2. The van der Waals surface area contributed by atoms with E-state index in [2.05, 4.69) is 4.98 Å². The van der Waals surface area contributed by atoms with Crippen molar-refractivity contribution in [2.24, 2.45) is 0 Å². The first kappa shape index (κ1) is 12.1. The van der Waals surface area contributed by atoms with Crippen molar-refractivity contribution < 1.29 is 9.84 Å². The van der Waals surface area contributed by atoms with Crippen LogP contribution in [0.1, 0.15) is 16.8 Å². The molecule has 0 fully saturated rings. The minimum Gasteiger partial charge on any atom is -0.489 e. The van der Waals surface area contributed by atoms with Gasteiger partial charge in [-0.05, 0) is 23.8 Å². The molecule has 0 unspecified atom stereocenters. The molecule has 0 saturated heterocycles. The molecule has 2 rings (SSSR count). The first-order valence-corrected chi connectivity index (χ1v) is 5.50. The van der Waals surface area contributed by atoms with Crippen LogP contribution in [0.25, 0.3) is 0 Å². The first-order valence-electron chi connectivity index (χ1n) is 5.50. The van der Waals surface area contributed by atoms with E-state index in [1.165, 1.54) is 0 Å². The van der Waals surface area contributed by atoms with Gasteiger partial charge in [0.15, 0.2) is 0 Å². The van der Waals surface area contributed by atoms with E-state index >= 15 is 0 Å². The van der Waals surface area contributed by atoms with E-state index in [9.17, 15) is 0 Å². The summed E-state index contributed by atoms with van der Waals surface area (Å²) < 4.78 is 5.56. The molecule has 1 N–H and O–H groups in total. The largest absolute Gasteiger partial charge is 0.489 e. The predicted octanol–water partition coefficient (Wildman–Crippen LogP) is 2.02. The summed E-state index contributed by atoms with van der Waals surface area (Å²) in [7, 11) is 0. The van der Waals surface area contributed by atoms with Gasteiger partial charge in [0, 0.05) is 11.8 Å². The van der Waals surface area contributed by atoms with Gasteiger partial charge in [0.2, 0.25) is 0 Å². The van der Waals surface area contributed by atoms with Gasteiger partial charge in [-0.15, -0.1) is 0 Å². The highest BCUT2D eigenvalue weighted by molar-refractivity contribution is 5.31. The second-order valence-corrected chi connectivity index (χ2v) is 3.71. The average Bonchev–Trinajstić information content (AvgIpc) is 2.46. The molecular weight excluding hydrogens is 228 g/mol. The number of aromatic nitrogens is 1. The fourth-order valence-electron chi connectivity index (χ4n) is 1.51. The number of benzene rings is 1. The van der Waals surface area contributed by atoms with Crippen molar-refractivity contribution in [2.75, 3.05) is 0 Å². The summed E-state index contributed by atoms with van der Waals surface area (Å²) in [6.07, 6.45) is 1.58. The van der Waals surface area contributed by atoms with Gasteiger partial charge < -0.3 is 9.84 Å². The summed E-state index contributed by atoms with van der Waals surface area (Å²) in [5, 5.41) is 17.8. The fourth-order valence-corrected chi connectivity index (χ4v) is 1.51. The molecule has 90 valence electrons. The summed E-state index contributed by atoms with van der Waals surface area (Å²) >= 11 is 0. The second-order valence-electron chi connectivity index (χ2n) is 3.71. The molecule has 0 spiro atoms. The van der Waals surface area contributed by atoms with E-state index < -0.39 is 0 Å². The summed E-state index contributed by atoms with van der Waals surface area (Å²) in [6.45, 7) is 0.316. The van der Waals surface area contributed by atoms with Crippen LogP contribution in [-0.4, -0.2) is 10.1 Å². The molecule has 0 saturated carbocycles. The van der Waals surface area contributed by atoms with Crippen LogP contribution in [0.15, 0.2) is 42.6 Å². The van der Waals surface area contributed by atoms with Crippen LogP contribution >= 0.6 is 0 Å². The summed E-state index contributed by atoms with van der Waals surface area (Å²) in [5.41, 5.74) is 1.97. The Bertz CT molecular complexity index is 559. The van der Waals surface area contributed by atoms with E-state index in [4.69, 9.17) is 15.1 Å². The van der Waals surface area contributed by atoms with Crippen LogP contribution in [0.4, 0.5) is 0 Å². The maximum Gasteiger partial charge on any atom is 0.147 e. The molecule has 4 nitrogen and oxygen atoms in total. The highest BCUT2D eigenvalue weighted by Crippen LogP contribution is 2.15. The Hall–Kier alpha value is -2.38. The zero-order valence-electron chi connectivity index (χ0n) is 9.71. The van der Waals surface area contributed by atoms with Crippen LogP contribution in [0.3, 0.4) is 0 Å². The molecule has 1 aromatic heterocycles. The van der Waals surface area contributed by atoms with E-state index in [1.807, 2.05) is 12.1 Å². The molecular formula is C14H12N2O2. The lowest BCUT2D eigenvalue weighted by atomic mass is 10.2. The van der Waals surface area contributed by atoms with Gasteiger partial charge in [0.25, 0.3) is 0 Å². The summed E-state index contributed by atoms with van der Waals surface area (Å²) in [4.78, 5) is 3.96. The molecule has 0 aliphatic carbocycles. The zero-order valence-corrected chi connectivity index (χ0v) is 9.71. The molecule has 0 aliphatic rings. The molecule has 1 heterocycles. The standard InChI is InChI=1S/C14H12N2O2/c15-8-14-12(2-1-7-16-14)10-18-13-5-3-11(9-17)4-6-13/h1-7,17H,9-10H2. The molecule has 1 aromatic carbocycles. The maximum atomic E-state index is 8.92. The van der Waals surface area contributed by atoms with Crippen LogP contribution in [0.2, 0.25) is 0 Å². The Morgan fingerprint density at radius 2 is 2.00 bits per heavy atom. The maximum absolute atomic E-state index is 8.92. The normalized spacial score (nSPS) is 9.78. The lowest BCUT2D eigenvalue weighted by Crippen LogP contribution is -1.99. The Balaban J connectivity index is 2.05. The zero-order chi connectivity index (χ0) is 12.8. The van der Waals surface area contributed by atoms with Gasteiger partial charge in [0.05, 0.1) is 6.61 Å². The monoisotopic (exact) mass is 240 g/mol. The van der Waals surface area contributed by atoms with Crippen molar-refractivity contribution in [3.05, 3.63) is 59.4 Å². The average molecular weight is 240 g/mol. The number of ether oxygens (including phenoxy) is 1. The van der Waals surface area contributed by atoms with Gasteiger partial charge in [-0.3, -0.25) is 0 Å². The van der Waals surface area contributed by atoms with Gasteiger partial charge in [-0.1, -0.05) is 18.2 Å². The van der Waals surface area contributed by atoms with E-state index in [0.717, 1.165) is 11.1 Å². The minimum atomic E-state index is 0.0153. The SMILES string of the molecule is N#Cc1ncccc1COc1ccc(CO)cc1. The predicted molar refractivity (Wildman–Crippen MR) is 65.6 cm³/mol. The van der Waals surface area contributed by atoms with Crippen LogP contribution in [-0.2, 0) is 13.2 Å².